The maximum atomic E-state index is 13.0. The molecule has 1 fully saturated rings. The summed E-state index contributed by atoms with van der Waals surface area (Å²) < 4.78 is 13.0. The van der Waals surface area contributed by atoms with E-state index in [9.17, 15) is 19.1 Å². The number of primary amides is 1. The zero-order chi connectivity index (χ0) is 17.3. The number of halogens is 1. The molecule has 2 amide bonds. The van der Waals surface area contributed by atoms with Gasteiger partial charge in [0.05, 0.1) is 12.1 Å². The molecule has 1 atom stereocenters. The number of pyridine rings is 1. The Labute approximate surface area is 137 Å². The van der Waals surface area contributed by atoms with Crippen LogP contribution < -0.4 is 5.73 Å². The van der Waals surface area contributed by atoms with Crippen molar-refractivity contribution in [1.29, 1.82) is 0 Å². The van der Waals surface area contributed by atoms with Gasteiger partial charge in [0.2, 0.25) is 0 Å². The minimum absolute atomic E-state index is 0.0462. The van der Waals surface area contributed by atoms with Crippen molar-refractivity contribution in [1.82, 2.24) is 9.88 Å². The molecule has 0 radical (unpaired) electrons. The highest BCUT2D eigenvalue weighted by Gasteiger charge is 2.40. The monoisotopic (exact) mass is 329 g/mol. The van der Waals surface area contributed by atoms with Crippen LogP contribution in [0.25, 0.3) is 0 Å². The maximum Gasteiger partial charge on any atom is 0.268 e. The average Bonchev–Trinajstić information content (AvgIpc) is 2.98. The Hall–Kier alpha value is -2.80. The molecule has 7 heteroatoms. The van der Waals surface area contributed by atoms with E-state index in [1.54, 1.807) is 6.07 Å². The van der Waals surface area contributed by atoms with Gasteiger partial charge in [0.15, 0.2) is 0 Å². The van der Waals surface area contributed by atoms with E-state index >= 15 is 0 Å². The van der Waals surface area contributed by atoms with Crippen molar-refractivity contribution < 1.29 is 19.1 Å². The molecule has 0 saturated carbocycles. The minimum Gasteiger partial charge on any atom is -0.383 e. The fourth-order valence-electron chi connectivity index (χ4n) is 2.91. The van der Waals surface area contributed by atoms with Crippen LogP contribution in [0.2, 0.25) is 0 Å². The van der Waals surface area contributed by atoms with Gasteiger partial charge in [-0.1, -0.05) is 12.1 Å². The first-order valence-electron chi connectivity index (χ1n) is 7.43. The number of aliphatic hydroxyl groups is 1. The third kappa shape index (κ3) is 2.85. The van der Waals surface area contributed by atoms with E-state index in [-0.39, 0.29) is 17.8 Å². The number of nitrogens with zero attached hydrogens (tertiary/aromatic N) is 2. The Morgan fingerprint density at radius 3 is 2.62 bits per heavy atom. The van der Waals surface area contributed by atoms with Crippen molar-refractivity contribution >= 4 is 11.8 Å². The summed E-state index contributed by atoms with van der Waals surface area (Å²) in [5.74, 6) is -1.60. The van der Waals surface area contributed by atoms with Crippen molar-refractivity contribution in [2.45, 2.75) is 12.0 Å². The van der Waals surface area contributed by atoms with Crippen molar-refractivity contribution in [2.24, 2.45) is 5.73 Å². The van der Waals surface area contributed by atoms with Gasteiger partial charge in [-0.05, 0) is 36.2 Å². The quantitative estimate of drug-likeness (QED) is 0.880. The lowest BCUT2D eigenvalue weighted by Gasteiger charge is -2.24. The van der Waals surface area contributed by atoms with Gasteiger partial charge in [-0.2, -0.15) is 0 Å². The Bertz CT molecular complexity index is 794. The summed E-state index contributed by atoms with van der Waals surface area (Å²) in [6, 6.07) is 8.56. The smallest absolute Gasteiger partial charge is 0.268 e. The van der Waals surface area contributed by atoms with E-state index in [1.165, 1.54) is 41.4 Å². The third-order valence-electron chi connectivity index (χ3n) is 4.19. The predicted molar refractivity (Wildman–Crippen MR) is 83.6 cm³/mol. The van der Waals surface area contributed by atoms with Crippen LogP contribution in [0.15, 0.2) is 42.6 Å². The summed E-state index contributed by atoms with van der Waals surface area (Å²) in [6.45, 7) is 0.352. The lowest BCUT2D eigenvalue weighted by Crippen LogP contribution is -2.35. The zero-order valence-electron chi connectivity index (χ0n) is 12.8. The number of β-amino-alcohol motifs (C(OH)–C–C–N with tert-alkyl or cyclic N) is 1. The number of amides is 2. The van der Waals surface area contributed by atoms with Gasteiger partial charge < -0.3 is 15.7 Å². The second-order valence-electron chi connectivity index (χ2n) is 5.78. The molecule has 1 aromatic carbocycles. The van der Waals surface area contributed by atoms with Gasteiger partial charge in [-0.25, -0.2) is 4.39 Å². The van der Waals surface area contributed by atoms with E-state index in [2.05, 4.69) is 4.98 Å². The van der Waals surface area contributed by atoms with Gasteiger partial charge in [0.1, 0.15) is 17.1 Å². The average molecular weight is 329 g/mol. The molecule has 2 aromatic rings. The first kappa shape index (κ1) is 16.1. The molecule has 1 unspecified atom stereocenters. The van der Waals surface area contributed by atoms with E-state index in [0.29, 0.717) is 18.5 Å². The largest absolute Gasteiger partial charge is 0.383 e. The number of benzene rings is 1. The number of hydrogen-bond acceptors (Lipinski definition) is 4. The number of hydrogen-bond donors (Lipinski definition) is 2. The molecule has 6 nitrogen and oxygen atoms in total. The standard InChI is InChI=1S/C17H16FN3O3/c18-12-5-3-11(4-6-12)17(24)7-9-21(10-17)16(23)13-2-1-8-20-14(13)15(19)22/h1-6,8,24H,7,9-10H2,(H2,19,22). The molecule has 2 heterocycles. The highest BCUT2D eigenvalue weighted by molar-refractivity contribution is 6.05. The molecule has 0 spiro atoms. The number of carbonyl (C=O) groups is 2. The minimum atomic E-state index is -1.25. The van der Waals surface area contributed by atoms with E-state index < -0.39 is 23.2 Å². The fraction of sp³-hybridized carbons (Fsp3) is 0.235. The maximum absolute atomic E-state index is 13.0. The molecule has 1 aliphatic heterocycles. The van der Waals surface area contributed by atoms with Crippen LogP contribution in [0.3, 0.4) is 0 Å². The lowest BCUT2D eigenvalue weighted by atomic mass is 9.93. The fourth-order valence-corrected chi connectivity index (χ4v) is 2.91. The number of carbonyl (C=O) groups excluding carboxylic acids is 2. The van der Waals surface area contributed by atoms with Gasteiger partial charge in [0, 0.05) is 12.7 Å². The van der Waals surface area contributed by atoms with Crippen molar-refractivity contribution in [3.05, 3.63) is 65.2 Å². The number of nitrogens with two attached hydrogens (primary N) is 1. The highest BCUT2D eigenvalue weighted by atomic mass is 19.1. The molecule has 1 aromatic heterocycles. The van der Waals surface area contributed by atoms with Gasteiger partial charge in [-0.3, -0.25) is 14.6 Å². The molecular formula is C17H16FN3O3. The summed E-state index contributed by atoms with van der Waals surface area (Å²) in [7, 11) is 0. The van der Waals surface area contributed by atoms with Crippen LogP contribution >= 0.6 is 0 Å². The molecule has 1 saturated heterocycles. The second-order valence-corrected chi connectivity index (χ2v) is 5.78. The van der Waals surface area contributed by atoms with E-state index in [0.717, 1.165) is 0 Å². The van der Waals surface area contributed by atoms with Crippen LogP contribution in [0, 0.1) is 5.82 Å². The van der Waals surface area contributed by atoms with E-state index in [1.807, 2.05) is 0 Å². The van der Waals surface area contributed by atoms with Crippen LogP contribution in [0.1, 0.15) is 32.8 Å². The van der Waals surface area contributed by atoms with E-state index in [4.69, 9.17) is 5.73 Å². The van der Waals surface area contributed by atoms with Crippen molar-refractivity contribution in [2.75, 3.05) is 13.1 Å². The van der Waals surface area contributed by atoms with Crippen LogP contribution in [-0.2, 0) is 5.60 Å². The Morgan fingerprint density at radius 1 is 1.25 bits per heavy atom. The number of likely N-dealkylation sites (tertiary alicyclic amines) is 1. The lowest BCUT2D eigenvalue weighted by molar-refractivity contribution is 0.0416. The number of rotatable bonds is 3. The number of aromatic nitrogens is 1. The Kier molecular flexibility index (Phi) is 4.02. The van der Waals surface area contributed by atoms with Crippen molar-refractivity contribution in [3.63, 3.8) is 0 Å². The SMILES string of the molecule is NC(=O)c1ncccc1C(=O)N1CCC(O)(c2ccc(F)cc2)C1. The zero-order valence-corrected chi connectivity index (χ0v) is 12.8. The summed E-state index contributed by atoms with van der Waals surface area (Å²) >= 11 is 0. The molecule has 3 N–H and O–H groups in total. The summed E-state index contributed by atoms with van der Waals surface area (Å²) in [5.41, 5.74) is 4.55. The molecule has 24 heavy (non-hydrogen) atoms. The van der Waals surface area contributed by atoms with Crippen LogP contribution in [0.4, 0.5) is 4.39 Å². The topological polar surface area (TPSA) is 96.5 Å². The molecule has 3 rings (SSSR count). The van der Waals surface area contributed by atoms with Crippen LogP contribution in [0.5, 0.6) is 0 Å². The Morgan fingerprint density at radius 2 is 1.96 bits per heavy atom. The molecule has 0 aliphatic carbocycles. The van der Waals surface area contributed by atoms with Gasteiger partial charge in [-0.15, -0.1) is 0 Å². The second kappa shape index (κ2) is 6.01. The third-order valence-corrected chi connectivity index (χ3v) is 4.19. The summed E-state index contributed by atoms with van der Waals surface area (Å²) in [5, 5.41) is 10.8. The highest BCUT2D eigenvalue weighted by Crippen LogP contribution is 2.32. The van der Waals surface area contributed by atoms with Gasteiger partial charge >= 0.3 is 0 Å². The van der Waals surface area contributed by atoms with Crippen molar-refractivity contribution in [3.8, 4) is 0 Å². The summed E-state index contributed by atoms with van der Waals surface area (Å²) in [6.07, 6.45) is 1.70. The first-order chi connectivity index (χ1) is 11.4. The molecular weight excluding hydrogens is 313 g/mol. The van der Waals surface area contributed by atoms with Gasteiger partial charge in [0.25, 0.3) is 11.8 Å². The normalized spacial score (nSPS) is 20.2. The molecule has 0 bridgehead atoms. The molecule has 124 valence electrons. The Balaban J connectivity index is 1.84. The molecule has 1 aliphatic rings. The van der Waals surface area contributed by atoms with Crippen LogP contribution in [-0.4, -0.2) is 39.9 Å². The predicted octanol–water partition coefficient (Wildman–Crippen LogP) is 1.05. The first-order valence-corrected chi connectivity index (χ1v) is 7.43. The summed E-state index contributed by atoms with van der Waals surface area (Å²) in [4.78, 5) is 29.4.